The quantitative estimate of drug-likeness (QED) is 0.893. The zero-order valence-electron chi connectivity index (χ0n) is 8.81. The lowest BCUT2D eigenvalue weighted by molar-refractivity contribution is 0.0702. The van der Waals surface area contributed by atoms with Crippen molar-refractivity contribution in [3.8, 4) is 11.5 Å². The molecule has 1 aromatic carbocycles. The van der Waals surface area contributed by atoms with Gasteiger partial charge < -0.3 is 14.6 Å². The second-order valence-electron chi connectivity index (χ2n) is 3.13. The molecule has 0 aliphatic heterocycles. The summed E-state index contributed by atoms with van der Waals surface area (Å²) < 4.78 is 11.2. The Morgan fingerprint density at radius 2 is 2.06 bits per heavy atom. The van der Waals surface area contributed by atoms with Crippen LogP contribution >= 0.6 is 11.3 Å². The third kappa shape index (κ3) is 1.59. The molecule has 1 heterocycles. The van der Waals surface area contributed by atoms with Crippen LogP contribution in [0.25, 0.3) is 10.1 Å². The molecule has 0 aliphatic carbocycles. The third-order valence-electron chi connectivity index (χ3n) is 2.25. The van der Waals surface area contributed by atoms with Gasteiger partial charge in [-0.2, -0.15) is 0 Å². The number of benzene rings is 1. The Labute approximate surface area is 96.0 Å². The first-order valence-corrected chi connectivity index (χ1v) is 5.37. The number of carboxylic acid groups (broad SMARTS) is 1. The molecular weight excluding hydrogens is 228 g/mol. The molecule has 0 aliphatic rings. The standard InChI is InChI=1S/C11H10O4S/c1-14-7-3-4-8-6(10(7)15-2)5-9(16-8)11(12)13/h3-5H,1-2H3,(H,12,13). The average molecular weight is 238 g/mol. The van der Waals surface area contributed by atoms with E-state index in [4.69, 9.17) is 14.6 Å². The van der Waals surface area contributed by atoms with Crippen LogP contribution in [0.3, 0.4) is 0 Å². The van der Waals surface area contributed by atoms with Gasteiger partial charge in [0.25, 0.3) is 0 Å². The molecule has 0 bridgehead atoms. The highest BCUT2D eigenvalue weighted by Crippen LogP contribution is 2.39. The maximum atomic E-state index is 10.9. The number of rotatable bonds is 3. The van der Waals surface area contributed by atoms with Gasteiger partial charge in [0, 0.05) is 10.1 Å². The van der Waals surface area contributed by atoms with Crippen molar-refractivity contribution in [3.63, 3.8) is 0 Å². The van der Waals surface area contributed by atoms with E-state index in [1.54, 1.807) is 19.2 Å². The molecule has 0 unspecified atom stereocenters. The third-order valence-corrected chi connectivity index (χ3v) is 3.34. The van der Waals surface area contributed by atoms with Crippen molar-refractivity contribution < 1.29 is 19.4 Å². The van der Waals surface area contributed by atoms with E-state index < -0.39 is 5.97 Å². The summed E-state index contributed by atoms with van der Waals surface area (Å²) in [5.41, 5.74) is 0. The normalized spacial score (nSPS) is 10.4. The number of hydrogen-bond donors (Lipinski definition) is 1. The van der Waals surface area contributed by atoms with Gasteiger partial charge in [-0.1, -0.05) is 0 Å². The van der Waals surface area contributed by atoms with Gasteiger partial charge in [-0.3, -0.25) is 0 Å². The van der Waals surface area contributed by atoms with Crippen molar-refractivity contribution in [3.05, 3.63) is 23.1 Å². The molecule has 0 saturated heterocycles. The topological polar surface area (TPSA) is 55.8 Å². The minimum absolute atomic E-state index is 0.293. The van der Waals surface area contributed by atoms with E-state index in [1.165, 1.54) is 18.4 Å². The van der Waals surface area contributed by atoms with Crippen molar-refractivity contribution in [1.29, 1.82) is 0 Å². The van der Waals surface area contributed by atoms with E-state index in [1.807, 2.05) is 6.07 Å². The zero-order chi connectivity index (χ0) is 11.7. The second kappa shape index (κ2) is 4.02. The lowest BCUT2D eigenvalue weighted by Gasteiger charge is -2.07. The van der Waals surface area contributed by atoms with E-state index in [0.29, 0.717) is 16.4 Å². The van der Waals surface area contributed by atoms with Crippen molar-refractivity contribution in [1.82, 2.24) is 0 Å². The Morgan fingerprint density at radius 3 is 2.62 bits per heavy atom. The van der Waals surface area contributed by atoms with E-state index in [0.717, 1.165) is 10.1 Å². The van der Waals surface area contributed by atoms with Crippen molar-refractivity contribution in [2.75, 3.05) is 14.2 Å². The fourth-order valence-corrected chi connectivity index (χ4v) is 2.44. The molecule has 0 radical (unpaired) electrons. The molecule has 1 aromatic heterocycles. The predicted octanol–water partition coefficient (Wildman–Crippen LogP) is 2.62. The molecule has 0 saturated carbocycles. The van der Waals surface area contributed by atoms with Gasteiger partial charge in [-0.15, -0.1) is 11.3 Å². The summed E-state index contributed by atoms with van der Waals surface area (Å²) in [4.78, 5) is 11.2. The molecule has 4 nitrogen and oxygen atoms in total. The monoisotopic (exact) mass is 238 g/mol. The number of carbonyl (C=O) groups is 1. The molecular formula is C11H10O4S. The molecule has 0 amide bonds. The van der Waals surface area contributed by atoms with Crippen LogP contribution in [-0.2, 0) is 0 Å². The molecule has 0 spiro atoms. The molecule has 0 atom stereocenters. The van der Waals surface area contributed by atoms with Gasteiger partial charge in [-0.25, -0.2) is 4.79 Å². The second-order valence-corrected chi connectivity index (χ2v) is 4.21. The van der Waals surface area contributed by atoms with E-state index in [-0.39, 0.29) is 0 Å². The lowest BCUT2D eigenvalue weighted by Crippen LogP contribution is -1.91. The Kier molecular flexibility index (Phi) is 2.70. The molecule has 16 heavy (non-hydrogen) atoms. The number of hydrogen-bond acceptors (Lipinski definition) is 4. The van der Waals surface area contributed by atoms with Gasteiger partial charge in [0.05, 0.1) is 14.2 Å². The van der Waals surface area contributed by atoms with Crippen molar-refractivity contribution >= 4 is 27.4 Å². The predicted molar refractivity (Wildman–Crippen MR) is 61.9 cm³/mol. The molecule has 1 N–H and O–H groups in total. The number of ether oxygens (including phenoxy) is 2. The van der Waals surface area contributed by atoms with E-state index in [9.17, 15) is 4.79 Å². The van der Waals surface area contributed by atoms with Crippen LogP contribution in [0.1, 0.15) is 9.67 Å². The minimum Gasteiger partial charge on any atom is -0.493 e. The summed E-state index contributed by atoms with van der Waals surface area (Å²) in [7, 11) is 3.09. The summed E-state index contributed by atoms with van der Waals surface area (Å²) in [5, 5.41) is 9.68. The summed E-state index contributed by atoms with van der Waals surface area (Å²) in [6.07, 6.45) is 0. The Balaban J connectivity index is 2.71. The van der Waals surface area contributed by atoms with Crippen LogP contribution in [0.4, 0.5) is 0 Å². The van der Waals surface area contributed by atoms with Crippen LogP contribution in [0.2, 0.25) is 0 Å². The average Bonchev–Trinajstić information content (AvgIpc) is 2.71. The number of thiophene rings is 1. The number of carboxylic acids is 1. The maximum absolute atomic E-state index is 10.9. The van der Waals surface area contributed by atoms with E-state index in [2.05, 4.69) is 0 Å². The molecule has 2 aromatic rings. The fourth-order valence-electron chi connectivity index (χ4n) is 1.54. The summed E-state index contributed by atoms with van der Waals surface area (Å²) in [5.74, 6) is 0.246. The molecule has 2 rings (SSSR count). The lowest BCUT2D eigenvalue weighted by atomic mass is 10.2. The molecule has 0 fully saturated rings. The largest absolute Gasteiger partial charge is 0.493 e. The Hall–Kier alpha value is -1.75. The molecule has 5 heteroatoms. The van der Waals surface area contributed by atoms with Crippen LogP contribution in [0, 0.1) is 0 Å². The van der Waals surface area contributed by atoms with Crippen molar-refractivity contribution in [2.45, 2.75) is 0 Å². The van der Waals surface area contributed by atoms with Gasteiger partial charge >= 0.3 is 5.97 Å². The first-order valence-electron chi connectivity index (χ1n) is 4.55. The first kappa shape index (κ1) is 10.8. The van der Waals surface area contributed by atoms with Crippen LogP contribution in [-0.4, -0.2) is 25.3 Å². The van der Waals surface area contributed by atoms with Crippen molar-refractivity contribution in [2.24, 2.45) is 0 Å². The SMILES string of the molecule is COc1ccc2sc(C(=O)O)cc2c1OC. The number of fused-ring (bicyclic) bond motifs is 1. The molecule has 84 valence electrons. The number of methoxy groups -OCH3 is 2. The van der Waals surface area contributed by atoms with Crippen LogP contribution < -0.4 is 9.47 Å². The Bertz CT molecular complexity index is 544. The summed E-state index contributed by atoms with van der Waals surface area (Å²) in [6, 6.07) is 5.20. The maximum Gasteiger partial charge on any atom is 0.345 e. The Morgan fingerprint density at radius 1 is 1.31 bits per heavy atom. The van der Waals surface area contributed by atoms with Crippen LogP contribution in [0.15, 0.2) is 18.2 Å². The zero-order valence-corrected chi connectivity index (χ0v) is 9.63. The fraction of sp³-hybridized carbons (Fsp3) is 0.182. The smallest absolute Gasteiger partial charge is 0.345 e. The van der Waals surface area contributed by atoms with Gasteiger partial charge in [-0.05, 0) is 18.2 Å². The highest BCUT2D eigenvalue weighted by molar-refractivity contribution is 7.20. The van der Waals surface area contributed by atoms with E-state index >= 15 is 0 Å². The first-order chi connectivity index (χ1) is 7.67. The highest BCUT2D eigenvalue weighted by atomic mass is 32.1. The van der Waals surface area contributed by atoms with Crippen LogP contribution in [0.5, 0.6) is 11.5 Å². The summed E-state index contributed by atoms with van der Waals surface area (Å²) in [6.45, 7) is 0. The number of aromatic carboxylic acids is 1. The summed E-state index contributed by atoms with van der Waals surface area (Å²) >= 11 is 1.22. The van der Waals surface area contributed by atoms with Gasteiger partial charge in [0.2, 0.25) is 0 Å². The van der Waals surface area contributed by atoms with Gasteiger partial charge in [0.15, 0.2) is 11.5 Å². The minimum atomic E-state index is -0.929. The highest BCUT2D eigenvalue weighted by Gasteiger charge is 2.14. The van der Waals surface area contributed by atoms with Gasteiger partial charge in [0.1, 0.15) is 4.88 Å².